The molecule has 0 aromatic rings. The molecule has 3 atom stereocenters. The fourth-order valence-corrected chi connectivity index (χ4v) is 3.51. The van der Waals surface area contributed by atoms with Gasteiger partial charge in [-0.3, -0.25) is 9.59 Å². The average molecular weight is 283 g/mol. The highest BCUT2D eigenvalue weighted by molar-refractivity contribution is 7.80. The molecule has 2 aliphatic rings. The van der Waals surface area contributed by atoms with E-state index in [9.17, 15) is 9.59 Å². The summed E-state index contributed by atoms with van der Waals surface area (Å²) in [5, 5.41) is 2.85. The molecule has 2 saturated heterocycles. The number of hydrogen-bond donors (Lipinski definition) is 2. The molecule has 2 rings (SSSR count). The van der Waals surface area contributed by atoms with Crippen LogP contribution in [0.2, 0.25) is 0 Å². The van der Waals surface area contributed by atoms with Gasteiger partial charge in [0.2, 0.25) is 11.8 Å². The summed E-state index contributed by atoms with van der Waals surface area (Å²) in [6, 6.07) is -0.0238. The first kappa shape index (κ1) is 14.2. The Balaban J connectivity index is 2.18. The molecule has 2 fully saturated rings. The van der Waals surface area contributed by atoms with E-state index in [4.69, 9.17) is 18.0 Å². The van der Waals surface area contributed by atoms with Gasteiger partial charge in [0.05, 0.1) is 22.9 Å². The molecule has 0 radical (unpaired) electrons. The van der Waals surface area contributed by atoms with Crippen molar-refractivity contribution in [1.82, 2.24) is 10.2 Å². The largest absolute Gasteiger partial charge is 0.393 e. The third-order valence-corrected chi connectivity index (χ3v) is 4.38. The Hall–Kier alpha value is -1.17. The summed E-state index contributed by atoms with van der Waals surface area (Å²) in [5.41, 5.74) is 5.71. The van der Waals surface area contributed by atoms with Crippen molar-refractivity contribution in [1.29, 1.82) is 0 Å². The summed E-state index contributed by atoms with van der Waals surface area (Å²) >= 11 is 5.03. The van der Waals surface area contributed by atoms with Crippen LogP contribution in [0.5, 0.6) is 0 Å². The maximum absolute atomic E-state index is 12.6. The number of rotatable bonds is 3. The van der Waals surface area contributed by atoms with E-state index in [1.54, 1.807) is 0 Å². The molecule has 2 heterocycles. The number of carbonyl (C=O) groups excluding carboxylic acids is 2. The maximum Gasteiger partial charge on any atom is 0.233 e. The first-order chi connectivity index (χ1) is 8.93. The van der Waals surface area contributed by atoms with E-state index in [-0.39, 0.29) is 34.7 Å². The van der Waals surface area contributed by atoms with Gasteiger partial charge in [0.15, 0.2) is 0 Å². The van der Waals surface area contributed by atoms with E-state index >= 15 is 0 Å². The van der Waals surface area contributed by atoms with Crippen molar-refractivity contribution in [2.75, 3.05) is 13.1 Å². The first-order valence-corrected chi connectivity index (χ1v) is 7.21. The van der Waals surface area contributed by atoms with Crippen LogP contribution in [0.15, 0.2) is 0 Å². The maximum atomic E-state index is 12.6. The second-order valence-corrected chi connectivity index (χ2v) is 6.19. The Labute approximate surface area is 118 Å². The molecule has 2 amide bonds. The topological polar surface area (TPSA) is 75.4 Å². The van der Waals surface area contributed by atoms with Gasteiger partial charge >= 0.3 is 0 Å². The van der Waals surface area contributed by atoms with E-state index in [0.717, 1.165) is 12.8 Å². The molecule has 0 aromatic carbocycles. The molecule has 0 saturated carbocycles. The van der Waals surface area contributed by atoms with Crippen LogP contribution in [-0.4, -0.2) is 40.8 Å². The highest BCUT2D eigenvalue weighted by Gasteiger charge is 2.44. The lowest BCUT2D eigenvalue weighted by Gasteiger charge is -2.38. The van der Waals surface area contributed by atoms with Gasteiger partial charge in [-0.15, -0.1) is 0 Å². The SMILES string of the molecule is CC(C)C(C(=O)N1CCCC2C(=O)NCC21)C(N)=S. The zero-order valence-electron chi connectivity index (χ0n) is 11.4. The van der Waals surface area contributed by atoms with Crippen LogP contribution in [0.3, 0.4) is 0 Å². The van der Waals surface area contributed by atoms with Crippen LogP contribution < -0.4 is 11.1 Å². The number of hydrogen-bond acceptors (Lipinski definition) is 3. The van der Waals surface area contributed by atoms with Crippen molar-refractivity contribution in [3.8, 4) is 0 Å². The average Bonchev–Trinajstić information content (AvgIpc) is 2.70. The summed E-state index contributed by atoms with van der Waals surface area (Å²) in [6.45, 7) is 5.14. The number of fused-ring (bicyclic) bond motifs is 1. The minimum atomic E-state index is -0.426. The minimum Gasteiger partial charge on any atom is -0.393 e. The number of nitrogens with zero attached hydrogens (tertiary/aromatic N) is 1. The molecular formula is C13H21N3O2S. The Bertz CT molecular complexity index is 411. The Morgan fingerprint density at radius 3 is 2.79 bits per heavy atom. The Morgan fingerprint density at radius 2 is 2.21 bits per heavy atom. The third-order valence-electron chi connectivity index (χ3n) is 4.12. The molecule has 0 aromatic heterocycles. The number of nitrogens with two attached hydrogens (primary N) is 1. The van der Waals surface area contributed by atoms with E-state index in [2.05, 4.69) is 5.32 Å². The number of amides is 2. The highest BCUT2D eigenvalue weighted by atomic mass is 32.1. The molecular weight excluding hydrogens is 262 g/mol. The molecule has 0 aliphatic carbocycles. The number of thiocarbonyl (C=S) groups is 1. The van der Waals surface area contributed by atoms with Crippen LogP contribution in [0.25, 0.3) is 0 Å². The fraction of sp³-hybridized carbons (Fsp3) is 0.769. The number of carbonyl (C=O) groups is 2. The molecule has 0 bridgehead atoms. The van der Waals surface area contributed by atoms with Crippen molar-refractivity contribution in [2.24, 2.45) is 23.5 Å². The molecule has 106 valence electrons. The van der Waals surface area contributed by atoms with Gasteiger partial charge < -0.3 is 16.0 Å². The first-order valence-electron chi connectivity index (χ1n) is 6.81. The molecule has 2 aliphatic heterocycles. The van der Waals surface area contributed by atoms with Gasteiger partial charge in [-0.1, -0.05) is 26.1 Å². The third kappa shape index (κ3) is 2.59. The zero-order valence-corrected chi connectivity index (χ0v) is 12.2. The van der Waals surface area contributed by atoms with Crippen molar-refractivity contribution >= 4 is 29.0 Å². The van der Waals surface area contributed by atoms with Crippen LogP contribution in [-0.2, 0) is 9.59 Å². The summed E-state index contributed by atoms with van der Waals surface area (Å²) < 4.78 is 0. The van der Waals surface area contributed by atoms with Gasteiger partial charge in [-0.25, -0.2) is 0 Å². The van der Waals surface area contributed by atoms with E-state index in [1.807, 2.05) is 18.7 Å². The quantitative estimate of drug-likeness (QED) is 0.730. The van der Waals surface area contributed by atoms with E-state index in [1.165, 1.54) is 0 Å². The van der Waals surface area contributed by atoms with Crippen LogP contribution in [0.4, 0.5) is 0 Å². The normalized spacial score (nSPS) is 27.9. The summed E-state index contributed by atoms with van der Waals surface area (Å²) in [5.74, 6) is -0.357. The van der Waals surface area contributed by atoms with Gasteiger partial charge in [-0.05, 0) is 18.8 Å². The van der Waals surface area contributed by atoms with E-state index < -0.39 is 5.92 Å². The van der Waals surface area contributed by atoms with Crippen molar-refractivity contribution in [3.63, 3.8) is 0 Å². The Kier molecular flexibility index (Phi) is 4.08. The lowest BCUT2D eigenvalue weighted by molar-refractivity contribution is -0.139. The standard InChI is InChI=1S/C13H21N3O2S/c1-7(2)10(11(14)19)13(18)16-5-3-4-8-9(16)6-15-12(8)17/h7-10H,3-6H2,1-2H3,(H2,14,19)(H,15,17). The van der Waals surface area contributed by atoms with Crippen LogP contribution >= 0.6 is 12.2 Å². The highest BCUT2D eigenvalue weighted by Crippen LogP contribution is 2.29. The minimum absolute atomic E-state index is 0.0197. The second kappa shape index (κ2) is 5.45. The summed E-state index contributed by atoms with van der Waals surface area (Å²) in [7, 11) is 0. The van der Waals surface area contributed by atoms with Gasteiger partial charge in [0.25, 0.3) is 0 Å². The number of nitrogens with one attached hydrogen (secondary N) is 1. The molecule has 6 heteroatoms. The Morgan fingerprint density at radius 1 is 1.53 bits per heavy atom. The fourth-order valence-electron chi connectivity index (χ4n) is 3.14. The summed E-state index contributed by atoms with van der Waals surface area (Å²) in [4.78, 5) is 26.4. The van der Waals surface area contributed by atoms with E-state index in [0.29, 0.717) is 13.1 Å². The van der Waals surface area contributed by atoms with Gasteiger partial charge in [-0.2, -0.15) is 0 Å². The van der Waals surface area contributed by atoms with Crippen LogP contribution in [0, 0.1) is 17.8 Å². The van der Waals surface area contributed by atoms with Gasteiger partial charge in [0, 0.05) is 13.1 Å². The lowest BCUT2D eigenvalue weighted by Crippen LogP contribution is -2.53. The molecule has 3 unspecified atom stereocenters. The monoisotopic (exact) mass is 283 g/mol. The predicted octanol–water partition coefficient (Wildman–Crippen LogP) is 0.282. The van der Waals surface area contributed by atoms with Crippen molar-refractivity contribution in [2.45, 2.75) is 32.7 Å². The number of likely N-dealkylation sites (tertiary alicyclic amines) is 1. The smallest absolute Gasteiger partial charge is 0.233 e. The molecule has 0 spiro atoms. The predicted molar refractivity (Wildman–Crippen MR) is 76.3 cm³/mol. The zero-order chi connectivity index (χ0) is 14.2. The van der Waals surface area contributed by atoms with Crippen molar-refractivity contribution < 1.29 is 9.59 Å². The second-order valence-electron chi connectivity index (χ2n) is 5.72. The lowest BCUT2D eigenvalue weighted by atomic mass is 9.88. The van der Waals surface area contributed by atoms with Gasteiger partial charge in [0.1, 0.15) is 0 Å². The van der Waals surface area contributed by atoms with Crippen molar-refractivity contribution in [3.05, 3.63) is 0 Å². The van der Waals surface area contributed by atoms with Crippen LogP contribution in [0.1, 0.15) is 26.7 Å². The molecule has 3 N–H and O–H groups in total. The number of piperidine rings is 1. The summed E-state index contributed by atoms with van der Waals surface area (Å²) in [6.07, 6.45) is 1.72. The molecule has 5 nitrogen and oxygen atoms in total. The molecule has 19 heavy (non-hydrogen) atoms.